The molecule has 0 amide bonds. The fraction of sp³-hybridized carbons (Fsp3) is 0.474. The third-order valence-corrected chi connectivity index (χ3v) is 4.81. The maximum atomic E-state index is 12.5. The largest absolute Gasteiger partial charge is 0.392 e. The van der Waals surface area contributed by atoms with E-state index in [2.05, 4.69) is 25.6 Å². The number of anilines is 1. The van der Waals surface area contributed by atoms with Crippen LogP contribution in [0.1, 0.15) is 25.5 Å². The summed E-state index contributed by atoms with van der Waals surface area (Å²) in [5.41, 5.74) is 1.95. The molecule has 0 radical (unpaired) electrons. The van der Waals surface area contributed by atoms with Gasteiger partial charge in [-0.1, -0.05) is 11.6 Å². The molecule has 0 saturated carbocycles. The first kappa shape index (κ1) is 19.7. The molecule has 0 spiro atoms. The summed E-state index contributed by atoms with van der Waals surface area (Å²) in [6.45, 7) is 3.78. The molecule has 8 heteroatoms. The predicted octanol–water partition coefficient (Wildman–Crippen LogP) is 2.10. The first-order valence-electron chi connectivity index (χ1n) is 9.15. The van der Waals surface area contributed by atoms with E-state index in [0.717, 1.165) is 25.9 Å². The van der Waals surface area contributed by atoms with Crippen molar-refractivity contribution in [2.45, 2.75) is 32.3 Å². The monoisotopic (exact) mass is 389 g/mol. The summed E-state index contributed by atoms with van der Waals surface area (Å²) in [4.78, 5) is 25.5. The highest BCUT2D eigenvalue weighted by Crippen LogP contribution is 2.27. The van der Waals surface area contributed by atoms with E-state index in [1.54, 1.807) is 31.6 Å². The van der Waals surface area contributed by atoms with Crippen LogP contribution in [0.2, 0.25) is 5.02 Å². The second-order valence-corrected chi connectivity index (χ2v) is 7.27. The third-order valence-electron chi connectivity index (χ3n) is 4.51. The number of hydrogen-bond donors (Lipinski definition) is 3. The first-order chi connectivity index (χ1) is 13.0. The van der Waals surface area contributed by atoms with Crippen LogP contribution in [0.4, 0.5) is 5.82 Å². The Kier molecular flexibility index (Phi) is 6.71. The highest BCUT2D eigenvalue weighted by molar-refractivity contribution is 6.33. The molecule has 3 rings (SSSR count). The zero-order valence-electron chi connectivity index (χ0n) is 15.3. The minimum absolute atomic E-state index is 0.0486. The molecule has 0 unspecified atom stereocenters. The number of carbonyl (C=O) groups excluding carboxylic acids is 1. The summed E-state index contributed by atoms with van der Waals surface area (Å²) < 4.78 is 0. The van der Waals surface area contributed by atoms with Crippen molar-refractivity contribution in [3.8, 4) is 11.3 Å². The topological polar surface area (TPSA) is 100 Å². The molecule has 2 aromatic rings. The van der Waals surface area contributed by atoms with Gasteiger partial charge in [0, 0.05) is 42.9 Å². The molecule has 7 nitrogen and oxygen atoms in total. The zero-order valence-corrected chi connectivity index (χ0v) is 16.0. The number of nitrogens with one attached hydrogen (secondary N) is 2. The summed E-state index contributed by atoms with van der Waals surface area (Å²) in [5.74, 6) is 0.793. The van der Waals surface area contributed by atoms with E-state index in [9.17, 15) is 9.90 Å². The number of rotatable bonds is 7. The van der Waals surface area contributed by atoms with Crippen LogP contribution >= 0.6 is 11.6 Å². The van der Waals surface area contributed by atoms with Crippen molar-refractivity contribution in [2.75, 3.05) is 25.0 Å². The van der Waals surface area contributed by atoms with E-state index in [1.807, 2.05) is 0 Å². The average molecular weight is 390 g/mol. The summed E-state index contributed by atoms with van der Waals surface area (Å²) in [6, 6.07) is 1.80. The molecule has 2 atom stereocenters. The second-order valence-electron chi connectivity index (χ2n) is 6.86. The van der Waals surface area contributed by atoms with Crippen LogP contribution in [-0.2, 0) is 11.2 Å². The lowest BCUT2D eigenvalue weighted by Gasteiger charge is -2.21. The van der Waals surface area contributed by atoms with Crippen molar-refractivity contribution >= 4 is 23.2 Å². The van der Waals surface area contributed by atoms with Crippen LogP contribution in [0.3, 0.4) is 0 Å². The Bertz CT molecular complexity index is 793. The first-order valence-corrected chi connectivity index (χ1v) is 9.53. The molecular weight excluding hydrogens is 366 g/mol. The minimum atomic E-state index is -0.494. The van der Waals surface area contributed by atoms with Gasteiger partial charge in [0.2, 0.25) is 0 Å². The molecule has 1 fully saturated rings. The van der Waals surface area contributed by atoms with Crippen molar-refractivity contribution in [1.82, 2.24) is 20.3 Å². The number of halogens is 1. The number of Topliss-reactive ketones (excluding diaryl/α,β-unsaturated/α-hetero) is 1. The minimum Gasteiger partial charge on any atom is -0.392 e. The number of ketones is 1. The lowest BCUT2D eigenvalue weighted by atomic mass is 9.92. The molecule has 1 saturated heterocycles. The van der Waals surface area contributed by atoms with Crippen LogP contribution in [0.25, 0.3) is 11.3 Å². The summed E-state index contributed by atoms with van der Waals surface area (Å²) >= 11 is 6.31. The van der Waals surface area contributed by atoms with Gasteiger partial charge in [-0.2, -0.15) is 0 Å². The Labute approximate surface area is 163 Å². The standard InChI is InChI=1S/C19H24ClN5O2/c1-12(26)7-24-19-11-22-10-17(25-19)15-5-14(23-9-16(15)20)6-18(27)13-3-2-4-21-8-13/h5,9-13,21,26H,2-4,6-8H2,1H3,(H,24,25)/t12-,13+/m0/s1. The molecule has 0 aliphatic carbocycles. The number of nitrogens with zero attached hydrogens (tertiary/aromatic N) is 3. The van der Waals surface area contributed by atoms with Crippen LogP contribution in [0, 0.1) is 5.92 Å². The van der Waals surface area contributed by atoms with Gasteiger partial charge in [-0.15, -0.1) is 0 Å². The molecular formula is C19H24ClN5O2. The van der Waals surface area contributed by atoms with Crippen LogP contribution in [0.15, 0.2) is 24.7 Å². The van der Waals surface area contributed by atoms with Crippen molar-refractivity contribution < 1.29 is 9.90 Å². The second kappa shape index (κ2) is 9.21. The highest BCUT2D eigenvalue weighted by Gasteiger charge is 2.21. The lowest BCUT2D eigenvalue weighted by Crippen LogP contribution is -2.35. The number of aromatic nitrogens is 3. The normalized spacial score (nSPS) is 18.1. The van der Waals surface area contributed by atoms with Crippen molar-refractivity contribution in [3.05, 3.63) is 35.4 Å². The van der Waals surface area contributed by atoms with E-state index >= 15 is 0 Å². The van der Waals surface area contributed by atoms with Gasteiger partial charge in [-0.3, -0.25) is 14.8 Å². The number of piperidine rings is 1. The fourth-order valence-corrected chi connectivity index (χ4v) is 3.26. The van der Waals surface area contributed by atoms with Crippen LogP contribution < -0.4 is 10.6 Å². The van der Waals surface area contributed by atoms with E-state index < -0.39 is 6.10 Å². The molecule has 0 bridgehead atoms. The van der Waals surface area contributed by atoms with E-state index in [4.69, 9.17) is 11.6 Å². The van der Waals surface area contributed by atoms with E-state index in [-0.39, 0.29) is 18.1 Å². The van der Waals surface area contributed by atoms with Gasteiger partial charge >= 0.3 is 0 Å². The van der Waals surface area contributed by atoms with Crippen molar-refractivity contribution in [2.24, 2.45) is 5.92 Å². The van der Waals surface area contributed by atoms with Gasteiger partial charge in [0.15, 0.2) is 0 Å². The molecule has 3 N–H and O–H groups in total. The Hall–Kier alpha value is -2.09. The predicted molar refractivity (Wildman–Crippen MR) is 105 cm³/mol. The summed E-state index contributed by atoms with van der Waals surface area (Å²) in [7, 11) is 0. The van der Waals surface area contributed by atoms with Crippen molar-refractivity contribution in [3.63, 3.8) is 0 Å². The molecule has 144 valence electrons. The highest BCUT2D eigenvalue weighted by atomic mass is 35.5. The lowest BCUT2D eigenvalue weighted by molar-refractivity contribution is -0.122. The SMILES string of the molecule is C[C@H](O)CNc1cncc(-c2cc(CC(=O)[C@@H]3CCCNC3)ncc2Cl)n1. The smallest absolute Gasteiger partial charge is 0.145 e. The Balaban J connectivity index is 1.77. The van der Waals surface area contributed by atoms with Gasteiger partial charge < -0.3 is 15.7 Å². The van der Waals surface area contributed by atoms with Gasteiger partial charge in [-0.05, 0) is 32.4 Å². The van der Waals surface area contributed by atoms with Crippen molar-refractivity contribution in [1.29, 1.82) is 0 Å². The summed E-state index contributed by atoms with van der Waals surface area (Å²) in [5, 5.41) is 16.1. The molecule has 27 heavy (non-hydrogen) atoms. The zero-order chi connectivity index (χ0) is 19.2. The number of hydrogen-bond acceptors (Lipinski definition) is 7. The maximum Gasteiger partial charge on any atom is 0.145 e. The third kappa shape index (κ3) is 5.45. The van der Waals surface area contributed by atoms with Gasteiger partial charge in [0.1, 0.15) is 11.6 Å². The number of pyridine rings is 1. The Morgan fingerprint density at radius 2 is 2.30 bits per heavy atom. The fourth-order valence-electron chi connectivity index (χ4n) is 3.06. The Morgan fingerprint density at radius 3 is 3.04 bits per heavy atom. The molecule has 1 aliphatic heterocycles. The van der Waals surface area contributed by atoms with Gasteiger partial charge in [0.05, 0.1) is 29.2 Å². The number of carbonyl (C=O) groups is 1. The maximum absolute atomic E-state index is 12.5. The quantitative estimate of drug-likeness (QED) is 0.666. The number of aliphatic hydroxyl groups is 1. The molecule has 0 aromatic carbocycles. The average Bonchev–Trinajstić information content (AvgIpc) is 2.68. The Morgan fingerprint density at radius 1 is 1.44 bits per heavy atom. The van der Waals surface area contributed by atoms with Gasteiger partial charge in [0.25, 0.3) is 0 Å². The van der Waals surface area contributed by atoms with Gasteiger partial charge in [-0.25, -0.2) is 4.98 Å². The molecule has 3 heterocycles. The summed E-state index contributed by atoms with van der Waals surface area (Å²) in [6.07, 6.45) is 6.49. The van der Waals surface area contributed by atoms with Crippen LogP contribution in [-0.4, -0.2) is 51.6 Å². The van der Waals surface area contributed by atoms with Crippen LogP contribution in [0.5, 0.6) is 0 Å². The number of aliphatic hydroxyl groups excluding tert-OH is 1. The van der Waals surface area contributed by atoms with E-state index in [1.165, 1.54) is 0 Å². The van der Waals surface area contributed by atoms with E-state index in [0.29, 0.717) is 34.3 Å². The molecule has 2 aromatic heterocycles. The molecule has 1 aliphatic rings.